The zero-order valence-corrected chi connectivity index (χ0v) is 12.0. The van der Waals surface area contributed by atoms with Crippen molar-refractivity contribution in [2.45, 2.75) is 19.4 Å². The van der Waals surface area contributed by atoms with Gasteiger partial charge in [0.1, 0.15) is 5.82 Å². The number of halogens is 1. The number of rotatable bonds is 3. The average molecular weight is 294 g/mol. The quantitative estimate of drug-likeness (QED) is 0.873. The first kappa shape index (κ1) is 13.2. The molecule has 1 aliphatic rings. The summed E-state index contributed by atoms with van der Waals surface area (Å²) in [4.78, 5) is 18.2. The third-order valence-electron chi connectivity index (χ3n) is 3.70. The fourth-order valence-electron chi connectivity index (χ4n) is 2.67. The second-order valence-electron chi connectivity index (χ2n) is 5.19. The minimum absolute atomic E-state index is 0.131. The second-order valence-corrected chi connectivity index (χ2v) is 5.56. The van der Waals surface area contributed by atoms with Crippen LogP contribution in [0.5, 0.6) is 0 Å². The topological polar surface area (TPSA) is 51.3 Å². The number of carbonyl (C=O) groups is 1. The molecule has 0 N–H and O–H groups in total. The molecule has 0 radical (unpaired) electrons. The van der Waals surface area contributed by atoms with Crippen LogP contribution in [0.15, 0.2) is 28.9 Å². The maximum atomic E-state index is 12.2. The highest BCUT2D eigenvalue weighted by atomic mass is 35.5. The zero-order chi connectivity index (χ0) is 14.1. The molecule has 1 amide bonds. The molecule has 6 heteroatoms. The van der Waals surface area contributed by atoms with Gasteiger partial charge in [0, 0.05) is 39.0 Å². The Morgan fingerprint density at radius 1 is 1.60 bits per heavy atom. The summed E-state index contributed by atoms with van der Waals surface area (Å²) in [5.41, 5.74) is 0. The van der Waals surface area contributed by atoms with Crippen molar-refractivity contribution in [1.29, 1.82) is 0 Å². The molecule has 0 aliphatic carbocycles. The van der Waals surface area contributed by atoms with E-state index in [-0.39, 0.29) is 16.9 Å². The lowest BCUT2D eigenvalue weighted by molar-refractivity contribution is 0.0729. The number of furan rings is 1. The van der Waals surface area contributed by atoms with Gasteiger partial charge in [-0.1, -0.05) is 0 Å². The van der Waals surface area contributed by atoms with Crippen LogP contribution in [0.4, 0.5) is 0 Å². The standard InChI is InChI=1S/C14H16ClN3O2/c1-17(14(19)11-3-4-12(15)20-11)8-10-2-5-13-16-6-7-18(13)9-10/h3-4,6-7,10H,2,5,8-9H2,1H3/t10-/m0/s1. The smallest absolute Gasteiger partial charge is 0.289 e. The molecule has 0 aromatic carbocycles. The van der Waals surface area contributed by atoms with Gasteiger partial charge in [0.15, 0.2) is 11.0 Å². The summed E-state index contributed by atoms with van der Waals surface area (Å²) in [5, 5.41) is 0.238. The van der Waals surface area contributed by atoms with Gasteiger partial charge in [-0.3, -0.25) is 4.79 Å². The molecule has 0 bridgehead atoms. The summed E-state index contributed by atoms with van der Waals surface area (Å²) in [6.45, 7) is 1.61. The summed E-state index contributed by atoms with van der Waals surface area (Å²) in [6, 6.07) is 3.19. The number of hydrogen-bond donors (Lipinski definition) is 0. The molecule has 1 aliphatic heterocycles. The Balaban J connectivity index is 1.62. The Labute approximate surface area is 122 Å². The Kier molecular flexibility index (Phi) is 3.53. The third-order valence-corrected chi connectivity index (χ3v) is 3.90. The van der Waals surface area contributed by atoms with Crippen molar-refractivity contribution in [3.63, 3.8) is 0 Å². The fourth-order valence-corrected chi connectivity index (χ4v) is 2.82. The first-order valence-electron chi connectivity index (χ1n) is 6.64. The Morgan fingerprint density at radius 2 is 2.45 bits per heavy atom. The number of hydrogen-bond acceptors (Lipinski definition) is 3. The van der Waals surface area contributed by atoms with Crippen LogP contribution in [-0.2, 0) is 13.0 Å². The lowest BCUT2D eigenvalue weighted by Gasteiger charge is -2.27. The summed E-state index contributed by atoms with van der Waals surface area (Å²) in [6.07, 6.45) is 5.84. The monoisotopic (exact) mass is 293 g/mol. The number of nitrogens with zero attached hydrogens (tertiary/aromatic N) is 3. The largest absolute Gasteiger partial charge is 0.440 e. The molecule has 0 saturated heterocycles. The van der Waals surface area contributed by atoms with E-state index in [1.54, 1.807) is 24.1 Å². The third kappa shape index (κ3) is 2.58. The predicted molar refractivity (Wildman–Crippen MR) is 74.7 cm³/mol. The van der Waals surface area contributed by atoms with E-state index in [9.17, 15) is 4.79 Å². The highest BCUT2D eigenvalue weighted by molar-refractivity contribution is 6.29. The number of aryl methyl sites for hydroxylation is 1. The molecule has 3 heterocycles. The highest BCUT2D eigenvalue weighted by Crippen LogP contribution is 2.21. The predicted octanol–water partition coefficient (Wildman–Crippen LogP) is 2.46. The molecule has 2 aromatic rings. The molecule has 2 aromatic heterocycles. The summed E-state index contributed by atoms with van der Waals surface area (Å²) < 4.78 is 7.32. The fraction of sp³-hybridized carbons (Fsp3) is 0.429. The highest BCUT2D eigenvalue weighted by Gasteiger charge is 2.23. The molecule has 5 nitrogen and oxygen atoms in total. The van der Waals surface area contributed by atoms with Gasteiger partial charge in [-0.05, 0) is 36.1 Å². The van der Waals surface area contributed by atoms with Crippen LogP contribution in [0.3, 0.4) is 0 Å². The number of amides is 1. The lowest BCUT2D eigenvalue weighted by atomic mass is 9.99. The minimum atomic E-state index is -0.131. The van der Waals surface area contributed by atoms with Gasteiger partial charge in [0.25, 0.3) is 5.91 Å². The second kappa shape index (κ2) is 5.32. The Bertz CT molecular complexity index is 619. The van der Waals surface area contributed by atoms with E-state index >= 15 is 0 Å². The first-order valence-corrected chi connectivity index (χ1v) is 7.02. The number of fused-ring (bicyclic) bond motifs is 1. The van der Waals surface area contributed by atoms with Crippen molar-refractivity contribution in [3.8, 4) is 0 Å². The van der Waals surface area contributed by atoms with Crippen molar-refractivity contribution in [3.05, 3.63) is 41.3 Å². The van der Waals surface area contributed by atoms with Crippen LogP contribution in [0, 0.1) is 5.92 Å². The van der Waals surface area contributed by atoms with E-state index in [1.165, 1.54) is 0 Å². The molecular formula is C14H16ClN3O2. The molecule has 20 heavy (non-hydrogen) atoms. The molecule has 3 rings (SSSR count). The summed E-state index contributed by atoms with van der Waals surface area (Å²) >= 11 is 5.70. The number of carbonyl (C=O) groups excluding carboxylic acids is 1. The molecule has 0 unspecified atom stereocenters. The molecule has 1 atom stereocenters. The zero-order valence-electron chi connectivity index (χ0n) is 11.3. The Hall–Kier alpha value is -1.75. The van der Waals surface area contributed by atoms with Crippen molar-refractivity contribution >= 4 is 17.5 Å². The van der Waals surface area contributed by atoms with E-state index in [0.717, 1.165) is 25.2 Å². The Morgan fingerprint density at radius 3 is 3.20 bits per heavy atom. The SMILES string of the molecule is CN(C[C@@H]1CCc2nccn2C1)C(=O)c1ccc(Cl)o1. The van der Waals surface area contributed by atoms with E-state index in [4.69, 9.17) is 16.0 Å². The van der Waals surface area contributed by atoms with Crippen LogP contribution < -0.4 is 0 Å². The van der Waals surface area contributed by atoms with Gasteiger partial charge in [-0.25, -0.2) is 4.98 Å². The van der Waals surface area contributed by atoms with Crippen molar-refractivity contribution < 1.29 is 9.21 Å². The average Bonchev–Trinajstić information content (AvgIpc) is 3.05. The first-order chi connectivity index (χ1) is 9.63. The van der Waals surface area contributed by atoms with Crippen LogP contribution in [0.2, 0.25) is 5.22 Å². The minimum Gasteiger partial charge on any atom is -0.440 e. The van der Waals surface area contributed by atoms with Crippen LogP contribution in [0.1, 0.15) is 22.8 Å². The van der Waals surface area contributed by atoms with Gasteiger partial charge in [0.2, 0.25) is 0 Å². The van der Waals surface area contributed by atoms with Crippen LogP contribution >= 0.6 is 11.6 Å². The summed E-state index contributed by atoms with van der Waals surface area (Å²) in [7, 11) is 1.79. The molecule has 106 valence electrons. The van der Waals surface area contributed by atoms with Crippen LogP contribution in [-0.4, -0.2) is 34.0 Å². The van der Waals surface area contributed by atoms with Gasteiger partial charge >= 0.3 is 0 Å². The lowest BCUT2D eigenvalue weighted by Crippen LogP contribution is -2.35. The van der Waals surface area contributed by atoms with Crippen molar-refractivity contribution in [2.75, 3.05) is 13.6 Å². The number of imidazole rings is 1. The number of aromatic nitrogens is 2. The summed E-state index contributed by atoms with van der Waals surface area (Å²) in [5.74, 6) is 1.73. The van der Waals surface area contributed by atoms with Gasteiger partial charge < -0.3 is 13.9 Å². The molecule has 0 spiro atoms. The van der Waals surface area contributed by atoms with Crippen molar-refractivity contribution in [2.24, 2.45) is 5.92 Å². The maximum absolute atomic E-state index is 12.2. The molecular weight excluding hydrogens is 278 g/mol. The van der Waals surface area contributed by atoms with Crippen LogP contribution in [0.25, 0.3) is 0 Å². The van der Waals surface area contributed by atoms with E-state index in [2.05, 4.69) is 9.55 Å². The van der Waals surface area contributed by atoms with E-state index in [0.29, 0.717) is 12.5 Å². The molecule has 0 saturated carbocycles. The maximum Gasteiger partial charge on any atom is 0.289 e. The van der Waals surface area contributed by atoms with Gasteiger partial charge in [-0.15, -0.1) is 0 Å². The van der Waals surface area contributed by atoms with E-state index < -0.39 is 0 Å². The van der Waals surface area contributed by atoms with Gasteiger partial charge in [0.05, 0.1) is 0 Å². The van der Waals surface area contributed by atoms with E-state index in [1.807, 2.05) is 12.4 Å². The normalized spacial score (nSPS) is 17.8. The van der Waals surface area contributed by atoms with Gasteiger partial charge in [-0.2, -0.15) is 0 Å². The molecule has 0 fully saturated rings. The van der Waals surface area contributed by atoms with Crippen molar-refractivity contribution in [1.82, 2.24) is 14.5 Å².